The minimum atomic E-state index is -3.21. The maximum absolute atomic E-state index is 11.7. The molecule has 0 aliphatic carbocycles. The lowest BCUT2D eigenvalue weighted by atomic mass is 10.0. The molecule has 1 fully saturated rings. The summed E-state index contributed by atoms with van der Waals surface area (Å²) in [5.41, 5.74) is 2.66. The Morgan fingerprint density at radius 2 is 1.95 bits per heavy atom. The number of hydrogen-bond acceptors (Lipinski definition) is 4. The Labute approximate surface area is 126 Å². The number of likely N-dealkylation sites (tertiary alicyclic amines) is 1. The number of aliphatic hydroxyl groups is 1. The number of benzene rings is 1. The molecule has 1 unspecified atom stereocenters. The second-order valence-electron chi connectivity index (χ2n) is 6.00. The lowest BCUT2D eigenvalue weighted by Gasteiger charge is -2.21. The Bertz CT molecular complexity index is 624. The van der Waals surface area contributed by atoms with Crippen LogP contribution in [0.5, 0.6) is 0 Å². The Balaban J connectivity index is 1.77. The summed E-state index contributed by atoms with van der Waals surface area (Å²) >= 11 is 0. The standard InChI is InChI=1S/C15H22N2O3S/c1-21(19,20)17-9-6-12-10-13(4-5-14(12)17)15(18)11-16-7-2-3-8-16/h4-5,10,15,18H,2-3,6-9,11H2,1H3. The van der Waals surface area contributed by atoms with Gasteiger partial charge in [0.25, 0.3) is 0 Å². The zero-order valence-corrected chi connectivity index (χ0v) is 13.1. The van der Waals surface area contributed by atoms with E-state index in [1.54, 1.807) is 0 Å². The van der Waals surface area contributed by atoms with Crippen LogP contribution < -0.4 is 4.31 Å². The van der Waals surface area contributed by atoms with Gasteiger partial charge in [0.1, 0.15) is 0 Å². The monoisotopic (exact) mass is 310 g/mol. The predicted molar refractivity (Wildman–Crippen MR) is 83.0 cm³/mol. The summed E-state index contributed by atoms with van der Waals surface area (Å²) in [5, 5.41) is 10.4. The molecule has 1 saturated heterocycles. The maximum atomic E-state index is 11.7. The molecule has 1 atom stereocenters. The predicted octanol–water partition coefficient (Wildman–Crippen LogP) is 1.14. The first kappa shape index (κ1) is 14.8. The molecule has 1 aromatic carbocycles. The molecule has 1 N–H and O–H groups in total. The summed E-state index contributed by atoms with van der Waals surface area (Å²) in [6.45, 7) is 3.28. The Morgan fingerprint density at radius 1 is 1.24 bits per heavy atom. The number of nitrogens with zero attached hydrogens (tertiary/aromatic N) is 2. The van der Waals surface area contributed by atoms with Crippen LogP contribution in [0.3, 0.4) is 0 Å². The van der Waals surface area contributed by atoms with Crippen molar-refractivity contribution in [2.75, 3.05) is 36.7 Å². The van der Waals surface area contributed by atoms with Crippen LogP contribution in [-0.4, -0.2) is 50.9 Å². The van der Waals surface area contributed by atoms with Crippen molar-refractivity contribution in [2.24, 2.45) is 0 Å². The summed E-state index contributed by atoms with van der Waals surface area (Å²) in [6.07, 6.45) is 3.87. The van der Waals surface area contributed by atoms with Crippen molar-refractivity contribution in [3.63, 3.8) is 0 Å². The first-order chi connectivity index (χ1) is 9.95. The molecule has 21 heavy (non-hydrogen) atoms. The molecular formula is C15H22N2O3S. The van der Waals surface area contributed by atoms with E-state index in [0.29, 0.717) is 19.5 Å². The second-order valence-corrected chi connectivity index (χ2v) is 7.90. The summed E-state index contributed by atoms with van der Waals surface area (Å²) < 4.78 is 24.9. The van der Waals surface area contributed by atoms with Gasteiger partial charge in [0.15, 0.2) is 0 Å². The fourth-order valence-electron chi connectivity index (χ4n) is 3.26. The number of aliphatic hydroxyl groups excluding tert-OH is 1. The van der Waals surface area contributed by atoms with Gasteiger partial charge in [-0.2, -0.15) is 0 Å². The van der Waals surface area contributed by atoms with Crippen LogP contribution in [-0.2, 0) is 16.4 Å². The van der Waals surface area contributed by atoms with Gasteiger partial charge in [-0.1, -0.05) is 12.1 Å². The summed E-state index contributed by atoms with van der Waals surface area (Å²) in [4.78, 5) is 2.28. The third-order valence-corrected chi connectivity index (χ3v) is 5.55. The molecule has 0 amide bonds. The van der Waals surface area contributed by atoms with Crippen LogP contribution in [0.15, 0.2) is 18.2 Å². The average Bonchev–Trinajstić information content (AvgIpc) is 3.05. The molecular weight excluding hydrogens is 288 g/mol. The first-order valence-electron chi connectivity index (χ1n) is 7.46. The van der Waals surface area contributed by atoms with E-state index in [1.165, 1.54) is 23.4 Å². The van der Waals surface area contributed by atoms with E-state index in [2.05, 4.69) is 4.90 Å². The minimum Gasteiger partial charge on any atom is -0.387 e. The van der Waals surface area contributed by atoms with Crippen LogP contribution in [0.4, 0.5) is 5.69 Å². The number of fused-ring (bicyclic) bond motifs is 1. The fraction of sp³-hybridized carbons (Fsp3) is 0.600. The lowest BCUT2D eigenvalue weighted by Crippen LogP contribution is -2.27. The van der Waals surface area contributed by atoms with E-state index >= 15 is 0 Å². The van der Waals surface area contributed by atoms with Crippen molar-refractivity contribution in [1.29, 1.82) is 0 Å². The second kappa shape index (κ2) is 5.59. The van der Waals surface area contributed by atoms with Gasteiger partial charge in [-0.25, -0.2) is 8.42 Å². The van der Waals surface area contributed by atoms with Crippen LogP contribution in [0.25, 0.3) is 0 Å². The lowest BCUT2D eigenvalue weighted by molar-refractivity contribution is 0.126. The van der Waals surface area contributed by atoms with Crippen molar-refractivity contribution in [2.45, 2.75) is 25.4 Å². The van der Waals surface area contributed by atoms with Gasteiger partial charge in [-0.15, -0.1) is 0 Å². The van der Waals surface area contributed by atoms with E-state index in [1.807, 2.05) is 18.2 Å². The third kappa shape index (κ3) is 3.07. The van der Waals surface area contributed by atoms with Crippen molar-refractivity contribution >= 4 is 15.7 Å². The van der Waals surface area contributed by atoms with Gasteiger partial charge in [0.05, 0.1) is 18.0 Å². The highest BCUT2D eigenvalue weighted by molar-refractivity contribution is 7.92. The topological polar surface area (TPSA) is 60.9 Å². The van der Waals surface area contributed by atoms with Gasteiger partial charge >= 0.3 is 0 Å². The first-order valence-corrected chi connectivity index (χ1v) is 9.31. The van der Waals surface area contributed by atoms with Gasteiger partial charge in [0.2, 0.25) is 10.0 Å². The van der Waals surface area contributed by atoms with E-state index in [4.69, 9.17) is 0 Å². The Morgan fingerprint density at radius 3 is 2.62 bits per heavy atom. The highest BCUT2D eigenvalue weighted by Gasteiger charge is 2.27. The zero-order chi connectivity index (χ0) is 15.0. The van der Waals surface area contributed by atoms with Crippen molar-refractivity contribution in [1.82, 2.24) is 4.90 Å². The number of anilines is 1. The van der Waals surface area contributed by atoms with E-state index < -0.39 is 16.1 Å². The van der Waals surface area contributed by atoms with E-state index in [0.717, 1.165) is 29.9 Å². The number of sulfonamides is 1. The molecule has 0 spiro atoms. The Hall–Kier alpha value is -1.11. The fourth-order valence-corrected chi connectivity index (χ4v) is 4.22. The van der Waals surface area contributed by atoms with Crippen molar-refractivity contribution in [3.05, 3.63) is 29.3 Å². The maximum Gasteiger partial charge on any atom is 0.232 e. The number of rotatable bonds is 4. The van der Waals surface area contributed by atoms with Crippen LogP contribution in [0.2, 0.25) is 0 Å². The molecule has 0 saturated carbocycles. The van der Waals surface area contributed by atoms with Crippen molar-refractivity contribution in [3.8, 4) is 0 Å². The van der Waals surface area contributed by atoms with Crippen LogP contribution in [0, 0.1) is 0 Å². The molecule has 2 aliphatic heterocycles. The van der Waals surface area contributed by atoms with Crippen LogP contribution >= 0.6 is 0 Å². The molecule has 2 heterocycles. The smallest absolute Gasteiger partial charge is 0.232 e. The van der Waals surface area contributed by atoms with Gasteiger partial charge in [0, 0.05) is 13.1 Å². The molecule has 5 nitrogen and oxygen atoms in total. The molecule has 2 aliphatic rings. The zero-order valence-electron chi connectivity index (χ0n) is 12.3. The number of β-amino-alcohol motifs (C(OH)–C–C–N with tert-alkyl or cyclic N) is 1. The molecule has 3 rings (SSSR count). The average molecular weight is 310 g/mol. The molecule has 0 radical (unpaired) electrons. The molecule has 0 aromatic heterocycles. The Kier molecular flexibility index (Phi) is 3.94. The van der Waals surface area contributed by atoms with Gasteiger partial charge in [-0.05, 0) is 49.5 Å². The molecule has 116 valence electrons. The van der Waals surface area contributed by atoms with Crippen molar-refractivity contribution < 1.29 is 13.5 Å². The quantitative estimate of drug-likeness (QED) is 0.906. The third-order valence-electron chi connectivity index (χ3n) is 4.37. The normalized spacial score (nSPS) is 20.8. The summed E-state index contributed by atoms with van der Waals surface area (Å²) in [6, 6.07) is 5.64. The highest BCUT2D eigenvalue weighted by atomic mass is 32.2. The molecule has 1 aromatic rings. The van der Waals surface area contributed by atoms with Gasteiger partial charge in [-0.3, -0.25) is 4.31 Å². The minimum absolute atomic E-state index is 0.499. The van der Waals surface area contributed by atoms with E-state index in [-0.39, 0.29) is 0 Å². The summed E-state index contributed by atoms with van der Waals surface area (Å²) in [7, 11) is -3.21. The molecule has 6 heteroatoms. The number of hydrogen-bond donors (Lipinski definition) is 1. The van der Waals surface area contributed by atoms with Gasteiger partial charge < -0.3 is 10.0 Å². The largest absolute Gasteiger partial charge is 0.387 e. The highest BCUT2D eigenvalue weighted by Crippen LogP contribution is 2.32. The molecule has 0 bridgehead atoms. The van der Waals surface area contributed by atoms with Crippen LogP contribution in [0.1, 0.15) is 30.1 Å². The van der Waals surface area contributed by atoms with E-state index in [9.17, 15) is 13.5 Å². The SMILES string of the molecule is CS(=O)(=O)N1CCc2cc(C(O)CN3CCCC3)ccc21. The summed E-state index contributed by atoms with van der Waals surface area (Å²) in [5.74, 6) is 0.